The van der Waals surface area contributed by atoms with Crippen LogP contribution in [-0.4, -0.2) is 29.9 Å². The molecule has 0 spiro atoms. The summed E-state index contributed by atoms with van der Waals surface area (Å²) in [6.07, 6.45) is 0. The molecule has 0 aromatic rings. The summed E-state index contributed by atoms with van der Waals surface area (Å²) in [5.41, 5.74) is 5.07. The third kappa shape index (κ3) is 7.99. The number of nitrogens with one attached hydrogen (secondary N) is 2. The highest BCUT2D eigenvalue weighted by Gasteiger charge is 2.22. The minimum atomic E-state index is -0.541. The number of nitrogens with two attached hydrogens (primary N) is 1. The van der Waals surface area contributed by atoms with Gasteiger partial charge >= 0.3 is 0 Å². The summed E-state index contributed by atoms with van der Waals surface area (Å²) in [4.78, 5) is 23.1. The molecule has 0 aliphatic carbocycles. The Bertz CT molecular complexity index is 264. The second kappa shape index (κ2) is 7.50. The summed E-state index contributed by atoms with van der Waals surface area (Å²) in [6, 6.07) is -0.541. The third-order valence-electron chi connectivity index (χ3n) is 2.05. The topological polar surface area (TPSA) is 84.2 Å². The lowest BCUT2D eigenvalue weighted by Gasteiger charge is -2.24. The molecule has 0 heterocycles. The van der Waals surface area contributed by atoms with Crippen molar-refractivity contribution in [3.63, 3.8) is 0 Å². The van der Waals surface area contributed by atoms with E-state index in [-0.39, 0.29) is 42.2 Å². The van der Waals surface area contributed by atoms with Crippen LogP contribution in [-0.2, 0) is 9.59 Å². The molecule has 0 rings (SSSR count). The van der Waals surface area contributed by atoms with Gasteiger partial charge in [-0.15, -0.1) is 12.4 Å². The van der Waals surface area contributed by atoms with Gasteiger partial charge in [0.15, 0.2) is 0 Å². The van der Waals surface area contributed by atoms with Crippen LogP contribution in [0.2, 0.25) is 0 Å². The molecule has 0 aromatic heterocycles. The highest BCUT2D eigenvalue weighted by Crippen LogP contribution is 2.00. The normalized spacial score (nSPS) is 14.2. The standard InChI is InChI=1S/C11H23N3O2.ClH/c1-7(6-12)9(15)13-8(2)10(16)14-11(3,4)5;/h7-8H,6,12H2,1-5H3,(H,13,15)(H,14,16);1H. The molecular formula is C11H24ClN3O2. The predicted molar refractivity (Wildman–Crippen MR) is 71.0 cm³/mol. The van der Waals surface area contributed by atoms with E-state index in [1.165, 1.54) is 0 Å². The van der Waals surface area contributed by atoms with Crippen molar-refractivity contribution < 1.29 is 9.59 Å². The van der Waals surface area contributed by atoms with Crippen molar-refractivity contribution >= 4 is 24.2 Å². The van der Waals surface area contributed by atoms with Crippen molar-refractivity contribution in [2.24, 2.45) is 11.7 Å². The second-order valence-electron chi connectivity index (χ2n) is 5.11. The van der Waals surface area contributed by atoms with Crippen molar-refractivity contribution in [2.75, 3.05) is 6.54 Å². The highest BCUT2D eigenvalue weighted by molar-refractivity contribution is 5.88. The van der Waals surface area contributed by atoms with E-state index in [0.29, 0.717) is 0 Å². The number of hydrogen-bond acceptors (Lipinski definition) is 3. The van der Waals surface area contributed by atoms with Gasteiger partial charge in [-0.2, -0.15) is 0 Å². The number of rotatable bonds is 4. The van der Waals surface area contributed by atoms with Gasteiger partial charge in [-0.1, -0.05) is 6.92 Å². The summed E-state index contributed by atoms with van der Waals surface area (Å²) in [7, 11) is 0. The number of halogens is 1. The smallest absolute Gasteiger partial charge is 0.242 e. The Kier molecular flexibility index (Phi) is 8.19. The fraction of sp³-hybridized carbons (Fsp3) is 0.818. The lowest BCUT2D eigenvalue weighted by atomic mass is 10.1. The van der Waals surface area contributed by atoms with Crippen molar-refractivity contribution in [1.82, 2.24) is 10.6 Å². The zero-order chi connectivity index (χ0) is 12.9. The first-order chi connectivity index (χ1) is 7.17. The first-order valence-corrected chi connectivity index (χ1v) is 5.50. The summed E-state index contributed by atoms with van der Waals surface area (Å²) >= 11 is 0. The number of carbonyl (C=O) groups is 2. The molecule has 0 saturated carbocycles. The maximum Gasteiger partial charge on any atom is 0.242 e. The first kappa shape index (κ1) is 18.6. The molecule has 0 aliphatic rings. The van der Waals surface area contributed by atoms with E-state index in [0.717, 1.165) is 0 Å². The molecule has 0 bridgehead atoms. The molecule has 0 fully saturated rings. The summed E-state index contributed by atoms with van der Waals surface area (Å²) in [6.45, 7) is 9.33. The zero-order valence-electron chi connectivity index (χ0n) is 11.2. The molecule has 6 heteroatoms. The quantitative estimate of drug-likeness (QED) is 0.689. The van der Waals surface area contributed by atoms with Crippen LogP contribution in [0.3, 0.4) is 0 Å². The van der Waals surface area contributed by atoms with Crippen LogP contribution < -0.4 is 16.4 Å². The lowest BCUT2D eigenvalue weighted by Crippen LogP contribution is -2.52. The number of hydrogen-bond donors (Lipinski definition) is 3. The van der Waals surface area contributed by atoms with Gasteiger partial charge in [0.25, 0.3) is 0 Å². The molecule has 0 saturated heterocycles. The van der Waals surface area contributed by atoms with Gasteiger partial charge in [0, 0.05) is 18.0 Å². The van der Waals surface area contributed by atoms with E-state index in [1.54, 1.807) is 13.8 Å². The van der Waals surface area contributed by atoms with E-state index in [9.17, 15) is 9.59 Å². The maximum absolute atomic E-state index is 11.6. The molecule has 2 unspecified atom stereocenters. The molecule has 0 radical (unpaired) electrons. The van der Waals surface area contributed by atoms with Crippen LogP contribution in [0.4, 0.5) is 0 Å². The van der Waals surface area contributed by atoms with Crippen molar-refractivity contribution in [3.8, 4) is 0 Å². The van der Waals surface area contributed by atoms with Gasteiger partial charge in [0.05, 0.1) is 0 Å². The van der Waals surface area contributed by atoms with E-state index in [2.05, 4.69) is 10.6 Å². The maximum atomic E-state index is 11.6. The first-order valence-electron chi connectivity index (χ1n) is 5.50. The van der Waals surface area contributed by atoms with Crippen LogP contribution in [0.25, 0.3) is 0 Å². The van der Waals surface area contributed by atoms with E-state index in [4.69, 9.17) is 5.73 Å². The Hall–Kier alpha value is -0.810. The van der Waals surface area contributed by atoms with Crippen molar-refractivity contribution in [1.29, 1.82) is 0 Å². The third-order valence-corrected chi connectivity index (χ3v) is 2.05. The van der Waals surface area contributed by atoms with E-state index in [1.807, 2.05) is 20.8 Å². The second-order valence-corrected chi connectivity index (χ2v) is 5.11. The summed E-state index contributed by atoms with van der Waals surface area (Å²) in [5, 5.41) is 5.42. The Labute approximate surface area is 109 Å². The van der Waals surface area contributed by atoms with Crippen LogP contribution in [0, 0.1) is 5.92 Å². The fourth-order valence-corrected chi connectivity index (χ4v) is 1.01. The van der Waals surface area contributed by atoms with Crippen molar-refractivity contribution in [3.05, 3.63) is 0 Å². The molecular weight excluding hydrogens is 242 g/mol. The Morgan fingerprint density at radius 1 is 1.18 bits per heavy atom. The molecule has 0 aromatic carbocycles. The van der Waals surface area contributed by atoms with Crippen LogP contribution in [0.1, 0.15) is 34.6 Å². The minimum Gasteiger partial charge on any atom is -0.350 e. The molecule has 102 valence electrons. The highest BCUT2D eigenvalue weighted by atomic mass is 35.5. The van der Waals surface area contributed by atoms with Gasteiger partial charge in [0.1, 0.15) is 6.04 Å². The average molecular weight is 266 g/mol. The van der Waals surface area contributed by atoms with E-state index < -0.39 is 6.04 Å². The Morgan fingerprint density at radius 2 is 1.65 bits per heavy atom. The molecule has 17 heavy (non-hydrogen) atoms. The average Bonchev–Trinajstić information content (AvgIpc) is 2.13. The molecule has 2 atom stereocenters. The van der Waals surface area contributed by atoms with E-state index >= 15 is 0 Å². The van der Waals surface area contributed by atoms with Crippen LogP contribution in [0.5, 0.6) is 0 Å². The molecule has 2 amide bonds. The largest absolute Gasteiger partial charge is 0.350 e. The summed E-state index contributed by atoms with van der Waals surface area (Å²) in [5.74, 6) is -0.658. The predicted octanol–water partition coefficient (Wildman–Crippen LogP) is 0.422. The molecule has 0 aliphatic heterocycles. The van der Waals surface area contributed by atoms with Gasteiger partial charge in [-0.05, 0) is 27.7 Å². The number of carbonyl (C=O) groups excluding carboxylic acids is 2. The monoisotopic (exact) mass is 265 g/mol. The minimum absolute atomic E-state index is 0. The summed E-state index contributed by atoms with van der Waals surface area (Å²) < 4.78 is 0. The lowest BCUT2D eigenvalue weighted by molar-refractivity contribution is -0.131. The Balaban J connectivity index is 0. The van der Waals surface area contributed by atoms with Crippen LogP contribution in [0.15, 0.2) is 0 Å². The molecule has 4 N–H and O–H groups in total. The van der Waals surface area contributed by atoms with Crippen molar-refractivity contribution in [2.45, 2.75) is 46.2 Å². The van der Waals surface area contributed by atoms with Crippen LogP contribution >= 0.6 is 12.4 Å². The SMILES string of the molecule is CC(CN)C(=O)NC(C)C(=O)NC(C)(C)C.Cl. The van der Waals surface area contributed by atoms with Gasteiger partial charge in [-0.3, -0.25) is 9.59 Å². The van der Waals surface area contributed by atoms with Gasteiger partial charge in [-0.25, -0.2) is 0 Å². The molecule has 5 nitrogen and oxygen atoms in total. The zero-order valence-corrected chi connectivity index (χ0v) is 12.0. The van der Waals surface area contributed by atoms with Gasteiger partial charge < -0.3 is 16.4 Å². The number of amides is 2. The Morgan fingerprint density at radius 3 is 2.00 bits per heavy atom. The van der Waals surface area contributed by atoms with Gasteiger partial charge in [0.2, 0.25) is 11.8 Å². The fourth-order valence-electron chi connectivity index (χ4n) is 1.01.